The Morgan fingerprint density at radius 2 is 1.40 bits per heavy atom. The van der Waals surface area contributed by atoms with Gasteiger partial charge in [0.15, 0.2) is 0 Å². The Labute approximate surface area is 134 Å². The zero-order valence-electron chi connectivity index (χ0n) is 10.8. The normalized spacial score (nSPS) is 12.4. The first-order valence-corrected chi connectivity index (χ1v) is 7.51. The molecule has 20 heavy (non-hydrogen) atoms. The van der Waals surface area contributed by atoms with Crippen molar-refractivity contribution in [2.75, 3.05) is 6.61 Å². The Hall–Kier alpha value is -0.730. The summed E-state index contributed by atoms with van der Waals surface area (Å²) in [6.07, 6.45) is 1.56. The lowest BCUT2D eigenvalue weighted by atomic mass is 9.93. The largest absolute Gasteiger partial charge is 0.396 e. The first kappa shape index (κ1) is 15.7. The topological polar surface area (TPSA) is 20.2 Å². The maximum Gasteiger partial charge on any atom is 0.0595 e. The third-order valence-corrected chi connectivity index (χ3v) is 4.20. The van der Waals surface area contributed by atoms with Crippen molar-refractivity contribution in [3.8, 4) is 0 Å². The van der Waals surface area contributed by atoms with E-state index in [9.17, 15) is 5.11 Å². The molecule has 0 heterocycles. The van der Waals surface area contributed by atoms with Gasteiger partial charge in [0.25, 0.3) is 0 Å². The van der Waals surface area contributed by atoms with E-state index in [0.717, 1.165) is 29.0 Å². The average Bonchev–Trinajstić information content (AvgIpc) is 2.44. The monoisotopic (exact) mass is 328 g/mol. The molecule has 1 N–H and O–H groups in total. The van der Waals surface area contributed by atoms with Gasteiger partial charge < -0.3 is 5.11 Å². The summed E-state index contributed by atoms with van der Waals surface area (Å²) in [5, 5.41) is 11.4. The van der Waals surface area contributed by atoms with E-state index in [-0.39, 0.29) is 12.5 Å². The fourth-order valence-corrected chi connectivity index (χ4v) is 2.60. The molecule has 2 aromatic rings. The van der Waals surface area contributed by atoms with Crippen molar-refractivity contribution in [2.24, 2.45) is 5.92 Å². The molecule has 0 fully saturated rings. The van der Waals surface area contributed by atoms with Gasteiger partial charge in [-0.2, -0.15) is 0 Å². The summed E-state index contributed by atoms with van der Waals surface area (Å²) < 4.78 is 0. The summed E-state index contributed by atoms with van der Waals surface area (Å²) in [5.41, 5.74) is 2.24. The highest BCUT2D eigenvalue weighted by Crippen LogP contribution is 2.24. The van der Waals surface area contributed by atoms with Crippen LogP contribution >= 0.6 is 34.8 Å². The second kappa shape index (κ2) is 7.33. The third kappa shape index (κ3) is 4.39. The molecule has 0 spiro atoms. The fourth-order valence-electron chi connectivity index (χ4n) is 2.16. The molecule has 1 nitrogen and oxygen atoms in total. The predicted octanol–water partition coefficient (Wildman–Crippen LogP) is 5.04. The van der Waals surface area contributed by atoms with Crippen molar-refractivity contribution in [3.63, 3.8) is 0 Å². The first-order valence-electron chi connectivity index (χ1n) is 6.37. The lowest BCUT2D eigenvalue weighted by molar-refractivity contribution is 0.225. The smallest absolute Gasteiger partial charge is 0.0595 e. The van der Waals surface area contributed by atoms with Crippen molar-refractivity contribution < 1.29 is 5.11 Å². The van der Waals surface area contributed by atoms with Crippen LogP contribution in [0.3, 0.4) is 0 Å². The molecule has 4 heteroatoms. The molecule has 2 rings (SSSR count). The minimum Gasteiger partial charge on any atom is -0.396 e. The van der Waals surface area contributed by atoms with E-state index in [0.29, 0.717) is 10.0 Å². The van der Waals surface area contributed by atoms with Gasteiger partial charge in [-0.25, -0.2) is 0 Å². The van der Waals surface area contributed by atoms with E-state index in [2.05, 4.69) is 0 Å². The van der Waals surface area contributed by atoms with E-state index in [1.807, 2.05) is 36.4 Å². The van der Waals surface area contributed by atoms with Gasteiger partial charge in [-0.15, -0.1) is 0 Å². The predicted molar refractivity (Wildman–Crippen MR) is 85.9 cm³/mol. The lowest BCUT2D eigenvalue weighted by Gasteiger charge is -2.15. The fraction of sp³-hybridized carbons (Fsp3) is 0.250. The molecule has 0 aliphatic heterocycles. The third-order valence-electron chi connectivity index (χ3n) is 3.20. The van der Waals surface area contributed by atoms with Crippen LogP contribution in [0.15, 0.2) is 42.5 Å². The van der Waals surface area contributed by atoms with E-state index < -0.39 is 0 Å². The molecule has 0 saturated carbocycles. The lowest BCUT2D eigenvalue weighted by Crippen LogP contribution is -2.13. The van der Waals surface area contributed by atoms with Crippen LogP contribution in [0, 0.1) is 5.92 Å². The van der Waals surface area contributed by atoms with Crippen molar-refractivity contribution >= 4 is 34.8 Å². The summed E-state index contributed by atoms with van der Waals surface area (Å²) in [6.45, 7) is 0.128. The molecular formula is C16H15Cl3O. The van der Waals surface area contributed by atoms with Crippen LogP contribution in [0.1, 0.15) is 11.1 Å². The minimum absolute atomic E-state index is 0.128. The molecule has 0 aliphatic carbocycles. The highest BCUT2D eigenvalue weighted by Gasteiger charge is 2.11. The summed E-state index contributed by atoms with van der Waals surface area (Å²) >= 11 is 17.8. The van der Waals surface area contributed by atoms with Crippen LogP contribution in [-0.4, -0.2) is 11.7 Å². The van der Waals surface area contributed by atoms with Crippen LogP contribution in [0.25, 0.3) is 0 Å². The van der Waals surface area contributed by atoms with Crippen molar-refractivity contribution in [3.05, 3.63) is 68.7 Å². The van der Waals surface area contributed by atoms with Crippen LogP contribution in [0.2, 0.25) is 15.1 Å². The second-order valence-electron chi connectivity index (χ2n) is 4.83. The van der Waals surface area contributed by atoms with Gasteiger partial charge in [0.1, 0.15) is 0 Å². The Bertz CT molecular complexity index is 566. The van der Waals surface area contributed by atoms with Gasteiger partial charge >= 0.3 is 0 Å². The number of benzene rings is 2. The van der Waals surface area contributed by atoms with Gasteiger partial charge in [0, 0.05) is 11.6 Å². The molecular weight excluding hydrogens is 315 g/mol. The number of aliphatic hydroxyl groups is 1. The maximum absolute atomic E-state index is 9.54. The quantitative estimate of drug-likeness (QED) is 0.814. The second-order valence-corrected chi connectivity index (χ2v) is 6.08. The molecule has 0 aromatic heterocycles. The summed E-state index contributed by atoms with van der Waals surface area (Å²) in [4.78, 5) is 0. The van der Waals surface area contributed by atoms with Crippen LogP contribution in [0.4, 0.5) is 0 Å². The molecule has 1 unspecified atom stereocenters. The molecule has 2 aromatic carbocycles. The van der Waals surface area contributed by atoms with Crippen LogP contribution < -0.4 is 0 Å². The number of aliphatic hydroxyl groups excluding tert-OH is 1. The summed E-state index contributed by atoms with van der Waals surface area (Å²) in [5.74, 6) is 0.147. The van der Waals surface area contributed by atoms with E-state index in [1.165, 1.54) is 0 Å². The average molecular weight is 330 g/mol. The highest BCUT2D eigenvalue weighted by molar-refractivity contribution is 6.42. The molecule has 0 saturated heterocycles. The number of hydrogen-bond donors (Lipinski definition) is 1. The molecule has 0 aliphatic rings. The van der Waals surface area contributed by atoms with E-state index >= 15 is 0 Å². The van der Waals surface area contributed by atoms with Crippen LogP contribution in [0.5, 0.6) is 0 Å². The number of halogens is 3. The zero-order chi connectivity index (χ0) is 14.5. The maximum atomic E-state index is 9.54. The first-order chi connectivity index (χ1) is 9.58. The SMILES string of the molecule is OCC(Cc1ccc(Cl)cc1)Cc1ccc(Cl)c(Cl)c1. The minimum atomic E-state index is 0.128. The van der Waals surface area contributed by atoms with Gasteiger partial charge in [-0.05, 0) is 54.2 Å². The molecule has 0 bridgehead atoms. The van der Waals surface area contributed by atoms with Crippen molar-refractivity contribution in [2.45, 2.75) is 12.8 Å². The Balaban J connectivity index is 2.04. The Kier molecular flexibility index (Phi) is 5.74. The summed E-state index contributed by atoms with van der Waals surface area (Å²) in [6, 6.07) is 13.3. The van der Waals surface area contributed by atoms with E-state index in [1.54, 1.807) is 6.07 Å². The standard InChI is InChI=1S/C16H15Cl3O/c17-14-4-1-11(2-5-14)7-13(10-20)8-12-3-6-15(18)16(19)9-12/h1-6,9,13,20H,7-8,10H2. The zero-order valence-corrected chi connectivity index (χ0v) is 13.1. The van der Waals surface area contributed by atoms with Gasteiger partial charge in [-0.3, -0.25) is 0 Å². The Morgan fingerprint density at radius 3 is 2.00 bits per heavy atom. The van der Waals surface area contributed by atoms with Crippen LogP contribution in [-0.2, 0) is 12.8 Å². The highest BCUT2D eigenvalue weighted by atomic mass is 35.5. The van der Waals surface area contributed by atoms with Gasteiger partial charge in [0.2, 0.25) is 0 Å². The molecule has 0 amide bonds. The van der Waals surface area contributed by atoms with Crippen molar-refractivity contribution in [1.29, 1.82) is 0 Å². The van der Waals surface area contributed by atoms with Crippen molar-refractivity contribution in [1.82, 2.24) is 0 Å². The molecule has 0 radical (unpaired) electrons. The van der Waals surface area contributed by atoms with Gasteiger partial charge in [0.05, 0.1) is 10.0 Å². The Morgan fingerprint density at radius 1 is 0.800 bits per heavy atom. The number of rotatable bonds is 5. The summed E-state index contributed by atoms with van der Waals surface area (Å²) in [7, 11) is 0. The van der Waals surface area contributed by atoms with Gasteiger partial charge in [-0.1, -0.05) is 53.0 Å². The van der Waals surface area contributed by atoms with E-state index in [4.69, 9.17) is 34.8 Å². The molecule has 106 valence electrons. The number of hydrogen-bond acceptors (Lipinski definition) is 1. The molecule has 1 atom stereocenters.